The molecule has 0 aromatic heterocycles. The normalized spacial score (nSPS) is 11.9. The molecule has 0 bridgehead atoms. The van der Waals surface area contributed by atoms with Crippen LogP contribution in [-0.4, -0.2) is 15.4 Å². The summed E-state index contributed by atoms with van der Waals surface area (Å²) in [4.78, 5) is 0. The van der Waals surface area contributed by atoms with Crippen molar-refractivity contribution in [3.63, 3.8) is 0 Å². The second-order valence-corrected chi connectivity index (χ2v) is 8.85. The van der Waals surface area contributed by atoms with Gasteiger partial charge in [0.25, 0.3) is 0 Å². The molecule has 0 spiro atoms. The summed E-state index contributed by atoms with van der Waals surface area (Å²) >= 11 is 0. The Balaban J connectivity index is 2.93. The smallest absolute Gasteiger partial charge is 0.197 e. The van der Waals surface area contributed by atoms with Crippen LogP contribution in [0, 0.1) is 23.3 Å². The van der Waals surface area contributed by atoms with Crippen LogP contribution < -0.4 is 0 Å². The zero-order valence-electron chi connectivity index (χ0n) is 9.91. The second kappa shape index (κ2) is 5.18. The largest absolute Gasteiger partial charge is 0.420 e. The quantitative estimate of drug-likeness (QED) is 0.350. The molecular weight excluding hydrogens is 252 g/mol. The average molecular weight is 266 g/mol. The van der Waals surface area contributed by atoms with Gasteiger partial charge >= 0.3 is 0 Å². The molecule has 0 saturated heterocycles. The van der Waals surface area contributed by atoms with E-state index < -0.39 is 31.6 Å². The highest BCUT2D eigenvalue weighted by Gasteiger charge is 2.23. The highest BCUT2D eigenvalue weighted by molar-refractivity contribution is 6.71. The van der Waals surface area contributed by atoms with Crippen molar-refractivity contribution in [3.05, 3.63) is 34.9 Å². The Morgan fingerprint density at radius 1 is 1.06 bits per heavy atom. The van der Waals surface area contributed by atoms with E-state index >= 15 is 0 Å². The van der Waals surface area contributed by atoms with Gasteiger partial charge in [-0.05, 0) is 37.2 Å². The summed E-state index contributed by atoms with van der Waals surface area (Å²) in [6.07, 6.45) is 0.132. The Kier molecular flexibility index (Phi) is 4.32. The van der Waals surface area contributed by atoms with E-state index in [0.29, 0.717) is 12.1 Å². The van der Waals surface area contributed by atoms with Gasteiger partial charge in [-0.2, -0.15) is 0 Å². The number of halogens is 4. The van der Waals surface area contributed by atoms with Crippen molar-refractivity contribution in [2.24, 2.45) is 0 Å². The van der Waals surface area contributed by atoms with E-state index in [2.05, 4.69) is 0 Å². The zero-order valence-corrected chi connectivity index (χ0v) is 10.9. The summed E-state index contributed by atoms with van der Waals surface area (Å²) in [6, 6.07) is 1.21. The van der Waals surface area contributed by atoms with Gasteiger partial charge in [0.1, 0.15) is 0 Å². The summed E-state index contributed by atoms with van der Waals surface area (Å²) < 4.78 is 57.1. The average Bonchev–Trinajstić information content (AvgIpc) is 2.29. The van der Waals surface area contributed by atoms with Crippen molar-refractivity contribution in [1.82, 2.24) is 0 Å². The van der Waals surface area contributed by atoms with Crippen LogP contribution in [0.5, 0.6) is 0 Å². The van der Waals surface area contributed by atoms with E-state index in [0.717, 1.165) is 0 Å². The van der Waals surface area contributed by atoms with Crippen molar-refractivity contribution >= 4 is 8.32 Å². The number of benzene rings is 1. The Labute approximate surface area is 98.5 Å². The molecule has 0 aliphatic carbocycles. The molecule has 1 nitrogen and oxygen atoms in total. The van der Waals surface area contributed by atoms with Crippen LogP contribution in [0.2, 0.25) is 19.1 Å². The molecule has 1 aromatic rings. The number of rotatable bonds is 4. The topological polar surface area (TPSA) is 9.23 Å². The van der Waals surface area contributed by atoms with Gasteiger partial charge in [0.2, 0.25) is 0 Å². The van der Waals surface area contributed by atoms with Gasteiger partial charge in [-0.3, -0.25) is 0 Å². The lowest BCUT2D eigenvalue weighted by molar-refractivity contribution is 0.397. The van der Waals surface area contributed by atoms with Gasteiger partial charge in [0.05, 0.1) is 0 Å². The summed E-state index contributed by atoms with van der Waals surface area (Å²) in [6.45, 7) is 3.81. The highest BCUT2D eigenvalue weighted by Crippen LogP contribution is 2.22. The Morgan fingerprint density at radius 2 is 1.65 bits per heavy atom. The van der Waals surface area contributed by atoms with Crippen LogP contribution in [0.1, 0.15) is 5.56 Å². The van der Waals surface area contributed by atoms with Gasteiger partial charge < -0.3 is 4.43 Å². The third-order valence-corrected chi connectivity index (χ3v) is 5.29. The third-order valence-electron chi connectivity index (χ3n) is 2.73. The van der Waals surface area contributed by atoms with Gasteiger partial charge in [-0.15, -0.1) is 0 Å². The van der Waals surface area contributed by atoms with Crippen LogP contribution in [0.4, 0.5) is 17.6 Å². The lowest BCUT2D eigenvalue weighted by Gasteiger charge is -2.19. The lowest BCUT2D eigenvalue weighted by Crippen LogP contribution is -2.29. The standard InChI is InChI=1S/C11H14F4OSi/c1-16-17(2,3)5-4-7-6-8(12)10(14)11(15)9(7)13/h6H,4-5H2,1-3H3. The van der Waals surface area contributed by atoms with Crippen LogP contribution in [0.25, 0.3) is 0 Å². The van der Waals surface area contributed by atoms with Crippen LogP contribution in [-0.2, 0) is 10.8 Å². The molecule has 0 unspecified atom stereocenters. The summed E-state index contributed by atoms with van der Waals surface area (Å²) in [7, 11) is -0.387. The molecule has 0 fully saturated rings. The minimum Gasteiger partial charge on any atom is -0.420 e. The summed E-state index contributed by atoms with van der Waals surface area (Å²) in [5, 5.41) is 0. The van der Waals surface area contributed by atoms with Gasteiger partial charge in [0, 0.05) is 7.11 Å². The molecule has 0 aliphatic heterocycles. The number of hydrogen-bond donors (Lipinski definition) is 0. The Bertz CT molecular complexity index is 420. The first-order valence-electron chi connectivity index (χ1n) is 5.15. The predicted molar refractivity (Wildman–Crippen MR) is 59.3 cm³/mol. The fraction of sp³-hybridized carbons (Fsp3) is 0.455. The first-order valence-corrected chi connectivity index (χ1v) is 8.27. The SMILES string of the molecule is CO[Si](C)(C)CCc1cc(F)c(F)c(F)c1F. The molecule has 0 amide bonds. The maximum Gasteiger partial charge on any atom is 0.197 e. The van der Waals surface area contributed by atoms with E-state index in [1.54, 1.807) is 7.11 Å². The predicted octanol–water partition coefficient (Wildman–Crippen LogP) is 3.64. The van der Waals surface area contributed by atoms with Crippen LogP contribution >= 0.6 is 0 Å². The molecule has 1 rings (SSSR count). The van der Waals surface area contributed by atoms with Crippen molar-refractivity contribution in [2.45, 2.75) is 25.6 Å². The molecule has 96 valence electrons. The zero-order chi connectivity index (χ0) is 13.2. The Morgan fingerprint density at radius 3 is 2.18 bits per heavy atom. The minimum absolute atomic E-state index is 0.132. The summed E-state index contributed by atoms with van der Waals surface area (Å²) in [5.74, 6) is -6.20. The first kappa shape index (κ1) is 14.2. The number of hydrogen-bond acceptors (Lipinski definition) is 1. The molecule has 0 radical (unpaired) electrons. The lowest BCUT2D eigenvalue weighted by atomic mass is 10.1. The molecule has 0 heterocycles. The molecule has 0 atom stereocenters. The van der Waals surface area contributed by atoms with Crippen molar-refractivity contribution in [3.8, 4) is 0 Å². The second-order valence-electron chi connectivity index (χ2n) is 4.42. The van der Waals surface area contributed by atoms with Crippen LogP contribution in [0.3, 0.4) is 0 Å². The fourth-order valence-corrected chi connectivity index (χ4v) is 2.42. The third kappa shape index (κ3) is 3.29. The van der Waals surface area contributed by atoms with E-state index in [1.165, 1.54) is 0 Å². The molecule has 1 aromatic carbocycles. The van der Waals surface area contributed by atoms with E-state index in [4.69, 9.17) is 4.43 Å². The van der Waals surface area contributed by atoms with Crippen LogP contribution in [0.15, 0.2) is 6.07 Å². The molecule has 6 heteroatoms. The maximum absolute atomic E-state index is 13.3. The molecule has 0 saturated carbocycles. The summed E-state index contributed by atoms with van der Waals surface area (Å²) in [5.41, 5.74) is -0.154. The van der Waals surface area contributed by atoms with Crippen molar-refractivity contribution in [1.29, 1.82) is 0 Å². The minimum atomic E-state index is -1.94. The molecule has 17 heavy (non-hydrogen) atoms. The molecular formula is C11H14F4OSi. The van der Waals surface area contributed by atoms with E-state index in [9.17, 15) is 17.6 Å². The maximum atomic E-state index is 13.3. The van der Waals surface area contributed by atoms with Gasteiger partial charge in [0.15, 0.2) is 31.6 Å². The molecule has 0 aliphatic rings. The van der Waals surface area contributed by atoms with Gasteiger partial charge in [-0.25, -0.2) is 17.6 Å². The van der Waals surface area contributed by atoms with E-state index in [1.807, 2.05) is 13.1 Å². The van der Waals surface area contributed by atoms with Gasteiger partial charge in [-0.1, -0.05) is 0 Å². The first-order chi connectivity index (χ1) is 7.78. The monoisotopic (exact) mass is 266 g/mol. The highest BCUT2D eigenvalue weighted by atomic mass is 28.4. The fourth-order valence-electron chi connectivity index (χ4n) is 1.34. The van der Waals surface area contributed by atoms with Crippen molar-refractivity contribution < 1.29 is 22.0 Å². The van der Waals surface area contributed by atoms with E-state index in [-0.39, 0.29) is 12.0 Å². The Hall–Kier alpha value is -0.883. The van der Waals surface area contributed by atoms with Crippen molar-refractivity contribution in [2.75, 3.05) is 7.11 Å². The number of aryl methyl sites for hydroxylation is 1. The molecule has 0 N–H and O–H groups in total.